The highest BCUT2D eigenvalue weighted by Gasteiger charge is 2.09. The van der Waals surface area contributed by atoms with Crippen LogP contribution in [0.15, 0.2) is 35.7 Å². The van der Waals surface area contributed by atoms with Crippen LogP contribution >= 0.6 is 11.3 Å². The molecule has 0 fully saturated rings. The third-order valence-electron chi connectivity index (χ3n) is 3.87. The van der Waals surface area contributed by atoms with Gasteiger partial charge in [-0.1, -0.05) is 39.8 Å². The number of nitrogens with one attached hydrogen (secondary N) is 1. The molecule has 2 aromatic heterocycles. The summed E-state index contributed by atoms with van der Waals surface area (Å²) >= 11 is 1.83. The van der Waals surface area contributed by atoms with Crippen LogP contribution in [0, 0.1) is 0 Å². The third-order valence-corrected chi connectivity index (χ3v) is 4.85. The summed E-state index contributed by atoms with van der Waals surface area (Å²) in [5.41, 5.74) is 5.29. The summed E-state index contributed by atoms with van der Waals surface area (Å²) in [5.74, 6) is 1.16. The molecule has 0 spiro atoms. The van der Waals surface area contributed by atoms with Crippen molar-refractivity contribution in [2.45, 2.75) is 39.5 Å². The van der Waals surface area contributed by atoms with E-state index in [-0.39, 0.29) is 0 Å². The monoisotopic (exact) mass is 283 g/mol. The van der Waals surface area contributed by atoms with Gasteiger partial charge in [0.1, 0.15) is 0 Å². The molecular weight excluding hydrogens is 262 g/mol. The molecule has 1 N–H and O–H groups in total. The van der Waals surface area contributed by atoms with Crippen LogP contribution in [0.3, 0.4) is 0 Å². The van der Waals surface area contributed by atoms with E-state index < -0.39 is 0 Å². The van der Waals surface area contributed by atoms with Gasteiger partial charge in [-0.2, -0.15) is 0 Å². The molecule has 0 amide bonds. The van der Waals surface area contributed by atoms with Crippen molar-refractivity contribution in [1.29, 1.82) is 0 Å². The van der Waals surface area contributed by atoms with Crippen LogP contribution in [0.5, 0.6) is 0 Å². The molecule has 0 radical (unpaired) electrons. The minimum Gasteiger partial charge on any atom is -0.354 e. The van der Waals surface area contributed by atoms with Crippen molar-refractivity contribution in [3.05, 3.63) is 46.8 Å². The van der Waals surface area contributed by atoms with Crippen LogP contribution < -0.4 is 0 Å². The highest BCUT2D eigenvalue weighted by Crippen LogP contribution is 2.32. The predicted octanol–water partition coefficient (Wildman–Crippen LogP) is 6.14. The van der Waals surface area contributed by atoms with E-state index in [9.17, 15) is 0 Å². The molecule has 0 bridgehead atoms. The van der Waals surface area contributed by atoms with E-state index in [2.05, 4.69) is 68.4 Å². The number of fused-ring (bicyclic) bond motifs is 1. The van der Waals surface area contributed by atoms with Crippen LogP contribution in [0.25, 0.3) is 21.5 Å². The molecule has 2 heterocycles. The highest BCUT2D eigenvalue weighted by molar-refractivity contribution is 7.13. The Morgan fingerprint density at radius 3 is 2.30 bits per heavy atom. The summed E-state index contributed by atoms with van der Waals surface area (Å²) in [6.07, 6.45) is 0. The van der Waals surface area contributed by atoms with Gasteiger partial charge in [-0.3, -0.25) is 0 Å². The minimum atomic E-state index is 0.570. The van der Waals surface area contributed by atoms with Crippen LogP contribution in [0.2, 0.25) is 0 Å². The van der Waals surface area contributed by atoms with Gasteiger partial charge in [-0.25, -0.2) is 0 Å². The Labute approximate surface area is 124 Å². The molecule has 104 valence electrons. The molecule has 20 heavy (non-hydrogen) atoms. The number of hydrogen-bond acceptors (Lipinski definition) is 1. The Kier molecular flexibility index (Phi) is 3.43. The van der Waals surface area contributed by atoms with Crippen molar-refractivity contribution < 1.29 is 0 Å². The average Bonchev–Trinajstić information content (AvgIpc) is 3.04. The Balaban J connectivity index is 2.03. The van der Waals surface area contributed by atoms with E-state index in [4.69, 9.17) is 0 Å². The number of thiophene rings is 1. The summed E-state index contributed by atoms with van der Waals surface area (Å²) in [7, 11) is 0. The van der Waals surface area contributed by atoms with Crippen molar-refractivity contribution in [3.63, 3.8) is 0 Å². The van der Waals surface area contributed by atoms with Crippen LogP contribution in [0.1, 0.15) is 50.7 Å². The lowest BCUT2D eigenvalue weighted by Gasteiger charge is -2.04. The molecular formula is C18H21NS. The molecule has 2 heteroatoms. The van der Waals surface area contributed by atoms with E-state index in [1.54, 1.807) is 0 Å². The molecule has 3 rings (SSSR count). The van der Waals surface area contributed by atoms with Gasteiger partial charge in [-0.05, 0) is 46.5 Å². The van der Waals surface area contributed by atoms with Gasteiger partial charge in [-0.15, -0.1) is 11.3 Å². The molecule has 3 aromatic rings. The van der Waals surface area contributed by atoms with Crippen molar-refractivity contribution in [2.75, 3.05) is 0 Å². The lowest BCUT2D eigenvalue weighted by Crippen LogP contribution is -1.85. The molecule has 0 aliphatic carbocycles. The lowest BCUT2D eigenvalue weighted by atomic mass is 10.0. The number of aromatic nitrogens is 1. The number of hydrogen-bond donors (Lipinski definition) is 1. The zero-order valence-corrected chi connectivity index (χ0v) is 13.3. The second-order valence-corrected chi connectivity index (χ2v) is 6.99. The Morgan fingerprint density at radius 1 is 0.900 bits per heavy atom. The SMILES string of the molecule is CC(C)c1csc(-c2cc3ccc(C(C)C)cc3[nH]2)c1. The maximum Gasteiger partial charge on any atom is 0.0566 e. The Hall–Kier alpha value is -1.54. The first-order valence-corrected chi connectivity index (χ1v) is 8.14. The number of rotatable bonds is 3. The van der Waals surface area contributed by atoms with Gasteiger partial charge in [0.25, 0.3) is 0 Å². The first-order chi connectivity index (χ1) is 9.54. The summed E-state index contributed by atoms with van der Waals surface area (Å²) in [5, 5.41) is 3.56. The fourth-order valence-electron chi connectivity index (χ4n) is 2.43. The van der Waals surface area contributed by atoms with Crippen molar-refractivity contribution in [1.82, 2.24) is 4.98 Å². The minimum absolute atomic E-state index is 0.570. The van der Waals surface area contributed by atoms with Gasteiger partial charge >= 0.3 is 0 Å². The fraction of sp³-hybridized carbons (Fsp3) is 0.333. The smallest absolute Gasteiger partial charge is 0.0566 e. The van der Waals surface area contributed by atoms with Gasteiger partial charge in [0.2, 0.25) is 0 Å². The predicted molar refractivity (Wildman–Crippen MR) is 89.8 cm³/mol. The maximum atomic E-state index is 3.57. The van der Waals surface area contributed by atoms with Crippen LogP contribution in [-0.2, 0) is 0 Å². The van der Waals surface area contributed by atoms with E-state index in [0.717, 1.165) is 0 Å². The van der Waals surface area contributed by atoms with E-state index in [1.165, 1.54) is 32.6 Å². The standard InChI is InChI=1S/C18H21NS/c1-11(2)13-5-6-14-8-17(19-16(14)7-13)18-9-15(10-20-18)12(3)4/h5-12,19H,1-4H3. The normalized spacial score (nSPS) is 11.9. The molecule has 0 saturated carbocycles. The van der Waals surface area contributed by atoms with E-state index in [0.29, 0.717) is 11.8 Å². The van der Waals surface area contributed by atoms with Gasteiger partial charge in [0.05, 0.1) is 10.6 Å². The quantitative estimate of drug-likeness (QED) is 0.594. The summed E-state index contributed by atoms with van der Waals surface area (Å²) < 4.78 is 0. The molecule has 1 aromatic carbocycles. The topological polar surface area (TPSA) is 15.8 Å². The maximum absolute atomic E-state index is 3.57. The lowest BCUT2D eigenvalue weighted by molar-refractivity contribution is 0.868. The van der Waals surface area contributed by atoms with Gasteiger partial charge in [0, 0.05) is 10.9 Å². The molecule has 0 unspecified atom stereocenters. The molecule has 1 nitrogen and oxygen atoms in total. The van der Waals surface area contributed by atoms with Gasteiger partial charge in [0.15, 0.2) is 0 Å². The number of aromatic amines is 1. The molecule has 0 aliphatic rings. The van der Waals surface area contributed by atoms with Crippen LogP contribution in [0.4, 0.5) is 0 Å². The Bertz CT molecular complexity index is 731. The third kappa shape index (κ3) is 2.40. The zero-order chi connectivity index (χ0) is 14.3. The largest absolute Gasteiger partial charge is 0.354 e. The molecule has 0 aliphatic heterocycles. The zero-order valence-electron chi connectivity index (χ0n) is 12.5. The molecule has 0 atom stereocenters. The first-order valence-electron chi connectivity index (χ1n) is 7.26. The highest BCUT2D eigenvalue weighted by atomic mass is 32.1. The van der Waals surface area contributed by atoms with E-state index in [1.807, 2.05) is 11.3 Å². The summed E-state index contributed by atoms with van der Waals surface area (Å²) in [6.45, 7) is 8.95. The van der Waals surface area contributed by atoms with Crippen molar-refractivity contribution >= 4 is 22.2 Å². The van der Waals surface area contributed by atoms with Crippen molar-refractivity contribution in [3.8, 4) is 10.6 Å². The number of H-pyrrole nitrogens is 1. The van der Waals surface area contributed by atoms with Crippen LogP contribution in [-0.4, -0.2) is 4.98 Å². The van der Waals surface area contributed by atoms with E-state index >= 15 is 0 Å². The summed E-state index contributed by atoms with van der Waals surface area (Å²) in [6, 6.07) is 11.3. The van der Waals surface area contributed by atoms with Crippen molar-refractivity contribution in [2.24, 2.45) is 0 Å². The second kappa shape index (κ2) is 5.10. The molecule has 0 saturated heterocycles. The fourth-order valence-corrected chi connectivity index (χ4v) is 3.48. The van der Waals surface area contributed by atoms with Gasteiger partial charge < -0.3 is 4.98 Å². The average molecular weight is 283 g/mol. The number of benzene rings is 1. The second-order valence-electron chi connectivity index (χ2n) is 6.08. The first kappa shape index (κ1) is 13.4. The Morgan fingerprint density at radius 2 is 1.65 bits per heavy atom. The summed E-state index contributed by atoms with van der Waals surface area (Å²) in [4.78, 5) is 4.90.